The summed E-state index contributed by atoms with van der Waals surface area (Å²) in [5.74, 6) is -0.752. The van der Waals surface area contributed by atoms with Crippen molar-refractivity contribution in [2.75, 3.05) is 13.1 Å². The van der Waals surface area contributed by atoms with Crippen LogP contribution in [0.25, 0.3) is 0 Å². The number of urea groups is 1. The first-order valence-electron chi connectivity index (χ1n) is 10.4. The molecular formula is C22H28F3N3O3. The molecular weight excluding hydrogens is 411 g/mol. The minimum absolute atomic E-state index is 0.0167. The van der Waals surface area contributed by atoms with E-state index in [9.17, 15) is 27.6 Å². The summed E-state index contributed by atoms with van der Waals surface area (Å²) < 4.78 is 39.2. The molecule has 3 rings (SSSR count). The van der Waals surface area contributed by atoms with Crippen molar-refractivity contribution >= 4 is 17.8 Å². The van der Waals surface area contributed by atoms with E-state index in [1.165, 1.54) is 18.2 Å². The zero-order valence-electron chi connectivity index (χ0n) is 17.9. The van der Waals surface area contributed by atoms with E-state index in [0.29, 0.717) is 12.8 Å². The van der Waals surface area contributed by atoms with Crippen LogP contribution in [0.5, 0.6) is 0 Å². The second kappa shape index (κ2) is 8.16. The van der Waals surface area contributed by atoms with Gasteiger partial charge in [-0.15, -0.1) is 0 Å². The summed E-state index contributed by atoms with van der Waals surface area (Å²) in [7, 11) is 0. The molecule has 1 saturated carbocycles. The van der Waals surface area contributed by atoms with E-state index in [4.69, 9.17) is 0 Å². The molecule has 1 aliphatic heterocycles. The monoisotopic (exact) mass is 439 g/mol. The zero-order valence-corrected chi connectivity index (χ0v) is 17.9. The number of nitrogens with zero attached hydrogens (tertiary/aromatic N) is 1. The largest absolute Gasteiger partial charge is 0.416 e. The van der Waals surface area contributed by atoms with E-state index in [2.05, 4.69) is 24.5 Å². The van der Waals surface area contributed by atoms with Crippen LogP contribution in [0, 0.1) is 11.3 Å². The van der Waals surface area contributed by atoms with Crippen molar-refractivity contribution in [2.24, 2.45) is 11.3 Å². The Morgan fingerprint density at radius 3 is 2.55 bits per heavy atom. The maximum Gasteiger partial charge on any atom is 0.416 e. The number of carbonyl (C=O) groups excluding carboxylic acids is 3. The molecule has 2 aliphatic rings. The van der Waals surface area contributed by atoms with Gasteiger partial charge in [-0.25, -0.2) is 4.79 Å². The van der Waals surface area contributed by atoms with Gasteiger partial charge in [0.15, 0.2) is 0 Å². The van der Waals surface area contributed by atoms with Crippen molar-refractivity contribution in [2.45, 2.75) is 58.2 Å². The highest BCUT2D eigenvalue weighted by Crippen LogP contribution is 2.46. The van der Waals surface area contributed by atoms with Gasteiger partial charge in [0.2, 0.25) is 5.91 Å². The molecule has 0 aromatic heterocycles. The lowest BCUT2D eigenvalue weighted by Gasteiger charge is -2.43. The van der Waals surface area contributed by atoms with Crippen LogP contribution < -0.4 is 10.6 Å². The van der Waals surface area contributed by atoms with Crippen LogP contribution in [0.2, 0.25) is 0 Å². The number of rotatable bonds is 5. The van der Waals surface area contributed by atoms with Gasteiger partial charge in [-0.3, -0.25) is 14.5 Å². The van der Waals surface area contributed by atoms with Gasteiger partial charge in [-0.05, 0) is 48.6 Å². The molecule has 1 saturated heterocycles. The van der Waals surface area contributed by atoms with Gasteiger partial charge >= 0.3 is 12.2 Å². The number of hydrogen-bond donors (Lipinski definition) is 2. The van der Waals surface area contributed by atoms with Crippen molar-refractivity contribution in [3.63, 3.8) is 0 Å². The van der Waals surface area contributed by atoms with Gasteiger partial charge in [-0.1, -0.05) is 39.0 Å². The van der Waals surface area contributed by atoms with E-state index >= 15 is 0 Å². The molecule has 1 aromatic rings. The van der Waals surface area contributed by atoms with Crippen LogP contribution >= 0.6 is 0 Å². The minimum Gasteiger partial charge on any atom is -0.354 e. The van der Waals surface area contributed by atoms with Gasteiger partial charge in [0.25, 0.3) is 5.91 Å². The molecule has 0 radical (unpaired) electrons. The first-order chi connectivity index (χ1) is 14.3. The van der Waals surface area contributed by atoms with Gasteiger partial charge in [-0.2, -0.15) is 13.2 Å². The molecule has 2 N–H and O–H groups in total. The van der Waals surface area contributed by atoms with E-state index in [-0.39, 0.29) is 29.9 Å². The second-order valence-corrected chi connectivity index (χ2v) is 9.51. The van der Waals surface area contributed by atoms with Crippen LogP contribution in [-0.2, 0) is 22.2 Å². The van der Waals surface area contributed by atoms with Crippen LogP contribution in [0.1, 0.15) is 51.2 Å². The maximum atomic E-state index is 13.1. The predicted molar refractivity (Wildman–Crippen MR) is 108 cm³/mol. The first-order valence-corrected chi connectivity index (χ1v) is 10.4. The number of carbonyl (C=O) groups is 3. The fourth-order valence-corrected chi connectivity index (χ4v) is 5.20. The first kappa shape index (κ1) is 23.1. The molecule has 2 unspecified atom stereocenters. The lowest BCUT2D eigenvalue weighted by atomic mass is 9.64. The summed E-state index contributed by atoms with van der Waals surface area (Å²) >= 11 is 0. The highest BCUT2D eigenvalue weighted by molar-refractivity contribution is 6.09. The van der Waals surface area contributed by atoms with Gasteiger partial charge < -0.3 is 10.6 Å². The SMILES string of the molecule is CC1CC(C)(C)CC2(C1)NC(=O)N(CC(=O)NCCc1ccccc1C(F)(F)F)C2=O. The standard InChI is InChI=1S/C22H28F3N3O3/c1-14-10-20(2,3)13-21(11-14)18(30)28(19(31)27-21)12-17(29)26-9-8-15-6-4-5-7-16(15)22(23,24)25/h4-7,14H,8-13H2,1-3H3,(H,26,29)(H,27,31). The van der Waals surface area contributed by atoms with Gasteiger partial charge in [0, 0.05) is 6.54 Å². The molecule has 1 spiro atoms. The quantitative estimate of drug-likeness (QED) is 0.690. The summed E-state index contributed by atoms with van der Waals surface area (Å²) in [4.78, 5) is 38.7. The highest BCUT2D eigenvalue weighted by Gasteiger charge is 2.56. The lowest BCUT2D eigenvalue weighted by molar-refractivity contribution is -0.138. The molecule has 1 aliphatic carbocycles. The minimum atomic E-state index is -4.47. The van der Waals surface area contributed by atoms with E-state index in [0.717, 1.165) is 17.4 Å². The normalized spacial score (nSPS) is 25.6. The summed E-state index contributed by atoms with van der Waals surface area (Å²) in [6.07, 6.45) is -2.52. The molecule has 2 fully saturated rings. The topological polar surface area (TPSA) is 78.5 Å². The lowest BCUT2D eigenvalue weighted by Crippen LogP contribution is -2.54. The Hall–Kier alpha value is -2.58. The summed E-state index contributed by atoms with van der Waals surface area (Å²) in [6, 6.07) is 4.57. The Balaban J connectivity index is 1.59. The maximum absolute atomic E-state index is 13.1. The summed E-state index contributed by atoms with van der Waals surface area (Å²) in [6.45, 7) is 5.65. The van der Waals surface area contributed by atoms with Crippen LogP contribution in [0.3, 0.4) is 0 Å². The number of alkyl halides is 3. The Bertz CT molecular complexity index is 884. The van der Waals surface area contributed by atoms with Crippen molar-refractivity contribution < 1.29 is 27.6 Å². The van der Waals surface area contributed by atoms with Crippen molar-refractivity contribution in [3.05, 3.63) is 35.4 Å². The Labute approximate surface area is 179 Å². The van der Waals surface area contributed by atoms with E-state index in [1.54, 1.807) is 0 Å². The zero-order chi connectivity index (χ0) is 23.0. The van der Waals surface area contributed by atoms with Crippen LogP contribution in [-0.4, -0.2) is 41.4 Å². The van der Waals surface area contributed by atoms with E-state index in [1.807, 2.05) is 6.92 Å². The number of hydrogen-bond acceptors (Lipinski definition) is 3. The number of benzene rings is 1. The number of amides is 4. The number of halogens is 3. The Morgan fingerprint density at radius 2 is 1.90 bits per heavy atom. The average Bonchev–Trinajstić information content (AvgIpc) is 2.83. The number of nitrogens with one attached hydrogen (secondary N) is 2. The molecule has 6 nitrogen and oxygen atoms in total. The average molecular weight is 439 g/mol. The molecule has 2 atom stereocenters. The fourth-order valence-electron chi connectivity index (χ4n) is 5.20. The molecule has 9 heteroatoms. The van der Waals surface area contributed by atoms with Gasteiger partial charge in [0.05, 0.1) is 5.56 Å². The van der Waals surface area contributed by atoms with Crippen LogP contribution in [0.4, 0.5) is 18.0 Å². The third-order valence-electron chi connectivity index (χ3n) is 5.97. The number of imide groups is 1. The third kappa shape index (κ3) is 5.02. The fraction of sp³-hybridized carbons (Fsp3) is 0.591. The molecule has 1 aromatic carbocycles. The molecule has 31 heavy (non-hydrogen) atoms. The van der Waals surface area contributed by atoms with E-state index < -0.39 is 41.7 Å². The second-order valence-electron chi connectivity index (χ2n) is 9.51. The highest BCUT2D eigenvalue weighted by atomic mass is 19.4. The smallest absolute Gasteiger partial charge is 0.354 e. The Kier molecular flexibility index (Phi) is 6.08. The van der Waals surface area contributed by atoms with Crippen molar-refractivity contribution in [1.29, 1.82) is 0 Å². The summed E-state index contributed by atoms with van der Waals surface area (Å²) in [5, 5.41) is 5.31. The molecule has 4 amide bonds. The van der Waals surface area contributed by atoms with Crippen molar-refractivity contribution in [3.8, 4) is 0 Å². The third-order valence-corrected chi connectivity index (χ3v) is 5.97. The molecule has 170 valence electrons. The van der Waals surface area contributed by atoms with Crippen molar-refractivity contribution in [1.82, 2.24) is 15.5 Å². The molecule has 1 heterocycles. The van der Waals surface area contributed by atoms with Gasteiger partial charge in [0.1, 0.15) is 12.1 Å². The predicted octanol–water partition coefficient (Wildman–Crippen LogP) is 3.50. The molecule has 0 bridgehead atoms. The van der Waals surface area contributed by atoms with Crippen LogP contribution in [0.15, 0.2) is 24.3 Å². The Morgan fingerprint density at radius 1 is 1.23 bits per heavy atom. The summed E-state index contributed by atoms with van der Waals surface area (Å²) in [5.41, 5.74) is -1.79.